The van der Waals surface area contributed by atoms with Gasteiger partial charge in [-0.25, -0.2) is 4.39 Å². The van der Waals surface area contributed by atoms with Gasteiger partial charge in [-0.15, -0.1) is 12.4 Å². The second-order valence-electron chi connectivity index (χ2n) is 7.18. The Bertz CT molecular complexity index is 984. The zero-order valence-corrected chi connectivity index (χ0v) is 17.1. The summed E-state index contributed by atoms with van der Waals surface area (Å²) >= 11 is 0. The van der Waals surface area contributed by atoms with Gasteiger partial charge in [-0.2, -0.15) is 4.98 Å². The Morgan fingerprint density at radius 3 is 2.83 bits per heavy atom. The molecule has 0 aliphatic carbocycles. The highest BCUT2D eigenvalue weighted by atomic mass is 35.5. The fourth-order valence-electron chi connectivity index (χ4n) is 3.65. The van der Waals surface area contributed by atoms with Crippen LogP contribution in [0.25, 0.3) is 11.5 Å². The molecule has 1 aromatic carbocycles. The second kappa shape index (κ2) is 9.77. The predicted octanol–water partition coefficient (Wildman–Crippen LogP) is 3.32. The number of pyridine rings is 1. The largest absolute Gasteiger partial charge is 0.337 e. The Hall–Kier alpha value is -2.84. The molecule has 7 nitrogen and oxygen atoms in total. The molecular formula is C21H23ClFN5O2. The third kappa shape index (κ3) is 4.83. The number of carbonyl (C=O) groups excluding carboxylic acids is 1. The van der Waals surface area contributed by atoms with E-state index in [9.17, 15) is 9.18 Å². The van der Waals surface area contributed by atoms with E-state index >= 15 is 0 Å². The highest BCUT2D eigenvalue weighted by Gasteiger charge is 2.34. The van der Waals surface area contributed by atoms with E-state index in [1.807, 2.05) is 12.1 Å². The molecule has 1 saturated heterocycles. The molecular weight excluding hydrogens is 409 g/mol. The van der Waals surface area contributed by atoms with Gasteiger partial charge in [0, 0.05) is 25.2 Å². The number of rotatable bonds is 6. The highest BCUT2D eigenvalue weighted by Crippen LogP contribution is 2.32. The van der Waals surface area contributed by atoms with Crippen LogP contribution in [0.1, 0.15) is 36.8 Å². The molecule has 0 saturated carbocycles. The molecule has 0 spiro atoms. The summed E-state index contributed by atoms with van der Waals surface area (Å²) in [6.45, 7) is 0.608. The fraction of sp³-hybridized carbons (Fsp3) is 0.333. The summed E-state index contributed by atoms with van der Waals surface area (Å²) in [6, 6.07) is 11.2. The highest BCUT2D eigenvalue weighted by molar-refractivity contribution is 5.85. The molecule has 158 valence electrons. The van der Waals surface area contributed by atoms with Crippen LogP contribution in [0.2, 0.25) is 0 Å². The van der Waals surface area contributed by atoms with Crippen molar-refractivity contribution in [3.8, 4) is 11.5 Å². The van der Waals surface area contributed by atoms with Crippen molar-refractivity contribution >= 4 is 18.3 Å². The Kier molecular flexibility index (Phi) is 7.12. The Morgan fingerprint density at radius 1 is 1.27 bits per heavy atom. The predicted molar refractivity (Wildman–Crippen MR) is 111 cm³/mol. The Morgan fingerprint density at radius 2 is 2.07 bits per heavy atom. The summed E-state index contributed by atoms with van der Waals surface area (Å²) < 4.78 is 19.3. The molecule has 9 heteroatoms. The summed E-state index contributed by atoms with van der Waals surface area (Å²) in [5, 5.41) is 4.00. The van der Waals surface area contributed by atoms with E-state index < -0.39 is 6.04 Å². The molecule has 1 fully saturated rings. The van der Waals surface area contributed by atoms with E-state index in [0.717, 1.165) is 12.8 Å². The van der Waals surface area contributed by atoms with Crippen molar-refractivity contribution in [3.63, 3.8) is 0 Å². The third-order valence-corrected chi connectivity index (χ3v) is 5.07. The van der Waals surface area contributed by atoms with Gasteiger partial charge in [0.15, 0.2) is 0 Å². The topological polar surface area (TPSA) is 98.1 Å². The molecule has 4 rings (SSSR count). The summed E-state index contributed by atoms with van der Waals surface area (Å²) in [7, 11) is 0. The smallest absolute Gasteiger partial charge is 0.249 e. The molecule has 1 amide bonds. The maximum atomic E-state index is 13.8. The minimum absolute atomic E-state index is 0. The summed E-state index contributed by atoms with van der Waals surface area (Å²) in [5.74, 6) is 0.409. The van der Waals surface area contributed by atoms with Crippen LogP contribution in [-0.4, -0.2) is 38.5 Å². The molecule has 2 atom stereocenters. The lowest BCUT2D eigenvalue weighted by Gasteiger charge is -2.23. The van der Waals surface area contributed by atoms with Gasteiger partial charge >= 0.3 is 0 Å². The van der Waals surface area contributed by atoms with Crippen LogP contribution < -0.4 is 5.73 Å². The number of nitrogens with two attached hydrogens (primary N) is 1. The van der Waals surface area contributed by atoms with Crippen LogP contribution in [0.5, 0.6) is 0 Å². The van der Waals surface area contributed by atoms with Gasteiger partial charge in [0.2, 0.25) is 17.6 Å². The number of likely N-dealkylation sites (tertiary alicyclic amines) is 1. The Labute approximate surface area is 179 Å². The minimum Gasteiger partial charge on any atom is -0.337 e. The SMILES string of the molecule is Cl.NC(CC(=O)N1CCCC1c1nc(-c2ccccn2)no1)Cc1ccccc1F. The molecule has 1 aliphatic rings. The number of benzene rings is 1. The zero-order valence-electron chi connectivity index (χ0n) is 16.3. The van der Waals surface area contributed by atoms with Crippen LogP contribution in [0.15, 0.2) is 53.2 Å². The first-order chi connectivity index (χ1) is 14.1. The van der Waals surface area contributed by atoms with E-state index in [1.54, 1.807) is 35.4 Å². The van der Waals surface area contributed by atoms with E-state index in [-0.39, 0.29) is 36.6 Å². The number of amides is 1. The first kappa shape index (κ1) is 21.9. The van der Waals surface area contributed by atoms with Gasteiger partial charge in [0.05, 0.1) is 0 Å². The quantitative estimate of drug-likeness (QED) is 0.642. The van der Waals surface area contributed by atoms with Crippen molar-refractivity contribution in [2.24, 2.45) is 5.73 Å². The minimum atomic E-state index is -0.465. The van der Waals surface area contributed by atoms with Gasteiger partial charge in [-0.05, 0) is 43.0 Å². The second-order valence-corrected chi connectivity index (χ2v) is 7.18. The number of aromatic nitrogens is 3. The van der Waals surface area contributed by atoms with Crippen molar-refractivity contribution in [3.05, 3.63) is 65.9 Å². The summed E-state index contributed by atoms with van der Waals surface area (Å²) in [5.41, 5.74) is 7.27. The van der Waals surface area contributed by atoms with Crippen molar-refractivity contribution in [1.82, 2.24) is 20.0 Å². The average Bonchev–Trinajstić information content (AvgIpc) is 3.40. The number of hydrogen-bond donors (Lipinski definition) is 1. The van der Waals surface area contributed by atoms with Crippen LogP contribution in [-0.2, 0) is 11.2 Å². The maximum Gasteiger partial charge on any atom is 0.249 e. The normalized spacial score (nSPS) is 16.9. The first-order valence-corrected chi connectivity index (χ1v) is 9.65. The van der Waals surface area contributed by atoms with E-state index in [2.05, 4.69) is 15.1 Å². The van der Waals surface area contributed by atoms with Crippen molar-refractivity contribution < 1.29 is 13.7 Å². The molecule has 3 aromatic rings. The lowest BCUT2D eigenvalue weighted by atomic mass is 10.0. The zero-order chi connectivity index (χ0) is 20.2. The van der Waals surface area contributed by atoms with Gasteiger partial charge in [0.25, 0.3) is 0 Å². The first-order valence-electron chi connectivity index (χ1n) is 9.65. The summed E-state index contributed by atoms with van der Waals surface area (Å²) in [4.78, 5) is 23.2. The Balaban J connectivity index is 0.00000256. The molecule has 30 heavy (non-hydrogen) atoms. The van der Waals surface area contributed by atoms with E-state index in [1.165, 1.54) is 6.07 Å². The van der Waals surface area contributed by atoms with Crippen molar-refractivity contribution in [2.45, 2.75) is 37.8 Å². The van der Waals surface area contributed by atoms with Crippen LogP contribution >= 0.6 is 12.4 Å². The lowest BCUT2D eigenvalue weighted by molar-refractivity contribution is -0.132. The number of hydrogen-bond acceptors (Lipinski definition) is 6. The number of halogens is 2. The van der Waals surface area contributed by atoms with Crippen LogP contribution in [0.4, 0.5) is 4.39 Å². The van der Waals surface area contributed by atoms with Crippen LogP contribution in [0.3, 0.4) is 0 Å². The molecule has 2 N–H and O–H groups in total. The molecule has 2 aromatic heterocycles. The average molecular weight is 432 g/mol. The lowest BCUT2D eigenvalue weighted by Crippen LogP contribution is -2.36. The maximum absolute atomic E-state index is 13.8. The summed E-state index contributed by atoms with van der Waals surface area (Å²) in [6.07, 6.45) is 3.69. The number of carbonyl (C=O) groups is 1. The van der Waals surface area contributed by atoms with Crippen molar-refractivity contribution in [2.75, 3.05) is 6.54 Å². The van der Waals surface area contributed by atoms with Gasteiger partial charge in [0.1, 0.15) is 17.6 Å². The van der Waals surface area contributed by atoms with E-state index in [4.69, 9.17) is 10.3 Å². The monoisotopic (exact) mass is 431 g/mol. The van der Waals surface area contributed by atoms with E-state index in [0.29, 0.717) is 35.9 Å². The molecule has 0 bridgehead atoms. The standard InChI is InChI=1S/C21H22FN5O2.ClH/c22-16-7-2-1-6-14(16)12-15(23)13-19(28)27-11-5-9-18(27)21-25-20(26-29-21)17-8-3-4-10-24-17;/h1-4,6-8,10,15,18H,5,9,11-13,23H2;1H. The van der Waals surface area contributed by atoms with Crippen LogP contribution in [0, 0.1) is 5.82 Å². The number of nitrogens with zero attached hydrogens (tertiary/aromatic N) is 4. The molecule has 3 heterocycles. The fourth-order valence-corrected chi connectivity index (χ4v) is 3.65. The van der Waals surface area contributed by atoms with Gasteiger partial charge in [-0.3, -0.25) is 9.78 Å². The molecule has 2 unspecified atom stereocenters. The third-order valence-electron chi connectivity index (χ3n) is 5.07. The molecule has 0 radical (unpaired) electrons. The van der Waals surface area contributed by atoms with Gasteiger partial charge in [-0.1, -0.05) is 29.4 Å². The van der Waals surface area contributed by atoms with Gasteiger partial charge < -0.3 is 15.2 Å². The molecule has 1 aliphatic heterocycles. The van der Waals surface area contributed by atoms with Crippen molar-refractivity contribution in [1.29, 1.82) is 0 Å².